The third-order valence-electron chi connectivity index (χ3n) is 4.71. The summed E-state index contributed by atoms with van der Waals surface area (Å²) in [5, 5.41) is 14.7. The summed E-state index contributed by atoms with van der Waals surface area (Å²) in [7, 11) is -2.29. The van der Waals surface area contributed by atoms with Crippen molar-refractivity contribution in [3.05, 3.63) is 53.2 Å². The second-order valence-corrected chi connectivity index (χ2v) is 9.36. The predicted molar refractivity (Wildman–Crippen MR) is 116 cm³/mol. The highest BCUT2D eigenvalue weighted by Crippen LogP contribution is 2.42. The molecule has 0 radical (unpaired) electrons. The Morgan fingerprint density at radius 3 is 2.33 bits per heavy atom. The van der Waals surface area contributed by atoms with Gasteiger partial charge in [0.05, 0.1) is 48.3 Å². The molecule has 0 fully saturated rings. The zero-order valence-electron chi connectivity index (χ0n) is 17.3. The van der Waals surface area contributed by atoms with E-state index in [1.165, 1.54) is 49.6 Å². The number of aromatic amines is 1. The fourth-order valence-corrected chi connectivity index (χ4v) is 4.52. The number of benzene rings is 2. The minimum atomic E-state index is -4.74. The van der Waals surface area contributed by atoms with Gasteiger partial charge in [0.25, 0.3) is 0 Å². The molecule has 3 aromatic rings. The lowest BCUT2D eigenvalue weighted by molar-refractivity contribution is -0.140. The van der Waals surface area contributed by atoms with E-state index in [-0.39, 0.29) is 52.3 Å². The van der Waals surface area contributed by atoms with Crippen LogP contribution in [0.1, 0.15) is 5.69 Å². The van der Waals surface area contributed by atoms with Crippen molar-refractivity contribution < 1.29 is 36.2 Å². The molecule has 1 aromatic heterocycles. The molecular weight excluding hydrogens is 485 g/mol. The number of nitrogens with one attached hydrogen (secondary N) is 1. The Bertz CT molecular complexity index is 1210. The van der Waals surface area contributed by atoms with Gasteiger partial charge in [0.2, 0.25) is 0 Å². The number of aliphatic hydroxyl groups excluding tert-OH is 1. The molecule has 33 heavy (non-hydrogen) atoms. The minimum absolute atomic E-state index is 0.0107. The molecular formula is C21H20ClF3N2O5S. The zero-order chi connectivity index (χ0) is 24.2. The van der Waals surface area contributed by atoms with Gasteiger partial charge < -0.3 is 14.6 Å². The number of alkyl halides is 3. The summed E-state index contributed by atoms with van der Waals surface area (Å²) in [6.45, 7) is -0.295. The summed E-state index contributed by atoms with van der Waals surface area (Å²) in [5.41, 5.74) is -0.833. The Balaban J connectivity index is 2.00. The van der Waals surface area contributed by atoms with Crippen molar-refractivity contribution in [1.82, 2.24) is 10.2 Å². The molecule has 178 valence electrons. The first kappa shape index (κ1) is 25.0. The van der Waals surface area contributed by atoms with E-state index < -0.39 is 21.7 Å². The van der Waals surface area contributed by atoms with Crippen LogP contribution in [0.25, 0.3) is 22.4 Å². The Morgan fingerprint density at radius 1 is 1.09 bits per heavy atom. The van der Waals surface area contributed by atoms with Gasteiger partial charge in [-0.3, -0.25) is 5.10 Å². The standard InChI is InChI=1S/C21H20ClF3N2O5S/c1-31-17-7-4-14(12-16(17)22)18-19(26-27-20(18)21(23,24)25)13-2-5-15(6-3-13)33(29,30)11-10-32-9-8-28/h2-7,12,28H,8-11H2,1H3,(H,26,27). The smallest absolute Gasteiger partial charge is 0.435 e. The first-order chi connectivity index (χ1) is 15.6. The lowest BCUT2D eigenvalue weighted by Crippen LogP contribution is -2.13. The monoisotopic (exact) mass is 504 g/mol. The molecule has 0 saturated carbocycles. The summed E-state index contributed by atoms with van der Waals surface area (Å²) in [5.74, 6) is 0.000994. The normalized spacial score (nSPS) is 12.2. The fraction of sp³-hybridized carbons (Fsp3) is 0.286. The Kier molecular flexibility index (Phi) is 7.68. The number of aliphatic hydroxyl groups is 1. The van der Waals surface area contributed by atoms with Gasteiger partial charge in [-0.2, -0.15) is 18.3 Å². The molecule has 0 bridgehead atoms. The number of nitrogens with zero attached hydrogens (tertiary/aromatic N) is 1. The summed E-state index contributed by atoms with van der Waals surface area (Å²) in [4.78, 5) is -0.0107. The lowest BCUT2D eigenvalue weighted by Gasteiger charge is -2.11. The maximum Gasteiger partial charge on any atom is 0.435 e. The molecule has 12 heteroatoms. The maximum atomic E-state index is 13.7. The number of sulfone groups is 1. The fourth-order valence-electron chi connectivity index (χ4n) is 3.14. The maximum absolute atomic E-state index is 13.7. The Hall–Kier alpha value is -2.60. The highest BCUT2D eigenvalue weighted by Gasteiger charge is 2.38. The van der Waals surface area contributed by atoms with Gasteiger partial charge in [0.15, 0.2) is 15.5 Å². The summed E-state index contributed by atoms with van der Waals surface area (Å²) in [6, 6.07) is 9.61. The van der Waals surface area contributed by atoms with Crippen LogP contribution in [0, 0.1) is 0 Å². The van der Waals surface area contributed by atoms with E-state index in [4.69, 9.17) is 26.2 Å². The largest absolute Gasteiger partial charge is 0.495 e. The van der Waals surface area contributed by atoms with E-state index in [0.29, 0.717) is 11.3 Å². The van der Waals surface area contributed by atoms with Gasteiger partial charge in [-0.15, -0.1) is 0 Å². The molecule has 0 unspecified atom stereocenters. The highest BCUT2D eigenvalue weighted by molar-refractivity contribution is 7.91. The van der Waals surface area contributed by atoms with E-state index in [9.17, 15) is 21.6 Å². The SMILES string of the molecule is COc1ccc(-c2c(C(F)(F)F)n[nH]c2-c2ccc(S(=O)(=O)CCOCCO)cc2)cc1Cl. The molecule has 0 atom stereocenters. The van der Waals surface area contributed by atoms with Crippen molar-refractivity contribution >= 4 is 21.4 Å². The van der Waals surface area contributed by atoms with Crippen molar-refractivity contribution in [1.29, 1.82) is 0 Å². The van der Waals surface area contributed by atoms with E-state index in [1.807, 2.05) is 0 Å². The molecule has 3 rings (SSSR count). The van der Waals surface area contributed by atoms with Crippen LogP contribution in [-0.4, -0.2) is 56.4 Å². The molecule has 0 saturated heterocycles. The predicted octanol–water partition coefficient (Wildman–Crippen LogP) is 4.21. The first-order valence-corrected chi connectivity index (χ1v) is 11.6. The van der Waals surface area contributed by atoms with Gasteiger partial charge in [0, 0.05) is 11.1 Å². The van der Waals surface area contributed by atoms with Crippen LogP contribution in [0.2, 0.25) is 5.02 Å². The second kappa shape index (κ2) is 10.1. The number of halogens is 4. The molecule has 2 aromatic carbocycles. The number of hydrogen-bond acceptors (Lipinski definition) is 6. The van der Waals surface area contributed by atoms with Crippen LogP contribution in [0.5, 0.6) is 5.75 Å². The molecule has 1 heterocycles. The number of methoxy groups -OCH3 is 1. The highest BCUT2D eigenvalue weighted by atomic mass is 35.5. The van der Waals surface area contributed by atoms with Gasteiger partial charge >= 0.3 is 6.18 Å². The minimum Gasteiger partial charge on any atom is -0.495 e. The van der Waals surface area contributed by atoms with Crippen LogP contribution in [0.15, 0.2) is 47.4 Å². The van der Waals surface area contributed by atoms with Crippen molar-refractivity contribution in [3.63, 3.8) is 0 Å². The van der Waals surface area contributed by atoms with E-state index in [0.717, 1.165) is 0 Å². The van der Waals surface area contributed by atoms with Gasteiger partial charge in [-0.25, -0.2) is 8.42 Å². The number of aromatic nitrogens is 2. The first-order valence-electron chi connectivity index (χ1n) is 9.59. The third kappa shape index (κ3) is 5.67. The molecule has 0 aliphatic carbocycles. The second-order valence-electron chi connectivity index (χ2n) is 6.85. The third-order valence-corrected chi connectivity index (χ3v) is 6.70. The van der Waals surface area contributed by atoms with E-state index >= 15 is 0 Å². The summed E-state index contributed by atoms with van der Waals surface area (Å²) in [6.07, 6.45) is -4.74. The average molecular weight is 505 g/mol. The lowest BCUT2D eigenvalue weighted by atomic mass is 9.98. The van der Waals surface area contributed by atoms with Crippen LogP contribution < -0.4 is 4.74 Å². The van der Waals surface area contributed by atoms with Crippen molar-refractivity contribution in [2.45, 2.75) is 11.1 Å². The number of hydrogen-bond donors (Lipinski definition) is 2. The van der Waals surface area contributed by atoms with Crippen LogP contribution >= 0.6 is 11.6 Å². The van der Waals surface area contributed by atoms with Gasteiger partial charge in [-0.1, -0.05) is 29.8 Å². The molecule has 7 nitrogen and oxygen atoms in total. The number of ether oxygens (including phenoxy) is 2. The summed E-state index contributed by atoms with van der Waals surface area (Å²) < 4.78 is 75.9. The molecule has 0 aliphatic heterocycles. The van der Waals surface area contributed by atoms with E-state index in [1.54, 1.807) is 0 Å². The van der Waals surface area contributed by atoms with Crippen LogP contribution in [0.3, 0.4) is 0 Å². The van der Waals surface area contributed by atoms with Gasteiger partial charge in [-0.05, 0) is 29.8 Å². The van der Waals surface area contributed by atoms with Crippen molar-refractivity contribution in [2.75, 3.05) is 32.7 Å². The quantitative estimate of drug-likeness (QED) is 0.423. The molecule has 0 spiro atoms. The van der Waals surface area contributed by atoms with Crippen molar-refractivity contribution in [2.24, 2.45) is 0 Å². The Morgan fingerprint density at radius 2 is 1.76 bits per heavy atom. The number of rotatable bonds is 9. The van der Waals surface area contributed by atoms with Crippen LogP contribution in [-0.2, 0) is 20.8 Å². The molecule has 0 amide bonds. The van der Waals surface area contributed by atoms with Crippen LogP contribution in [0.4, 0.5) is 13.2 Å². The Labute approximate surface area is 193 Å². The van der Waals surface area contributed by atoms with Crippen molar-refractivity contribution in [3.8, 4) is 28.1 Å². The number of H-pyrrole nitrogens is 1. The molecule has 0 aliphatic rings. The average Bonchev–Trinajstić information content (AvgIpc) is 3.23. The van der Waals surface area contributed by atoms with E-state index in [2.05, 4.69) is 10.2 Å². The summed E-state index contributed by atoms with van der Waals surface area (Å²) >= 11 is 6.12. The topological polar surface area (TPSA) is 102 Å². The zero-order valence-corrected chi connectivity index (χ0v) is 18.9. The van der Waals surface area contributed by atoms with Gasteiger partial charge in [0.1, 0.15) is 5.75 Å². The molecule has 2 N–H and O–H groups in total.